The Morgan fingerprint density at radius 1 is 0.800 bits per heavy atom. The van der Waals surface area contributed by atoms with Crippen molar-refractivity contribution in [2.75, 3.05) is 13.2 Å². The Kier molecular flexibility index (Phi) is 9.37. The van der Waals surface area contributed by atoms with Gasteiger partial charge in [0, 0.05) is 6.42 Å². The predicted octanol–water partition coefficient (Wildman–Crippen LogP) is 5.40. The summed E-state index contributed by atoms with van der Waals surface area (Å²) >= 11 is 0. The first-order chi connectivity index (χ1) is 9.10. The van der Waals surface area contributed by atoms with Gasteiger partial charge in [-0.05, 0) is 23.7 Å². The highest BCUT2D eigenvalue weighted by Crippen LogP contribution is 2.22. The van der Waals surface area contributed by atoms with Gasteiger partial charge >= 0.3 is 0 Å². The maximum absolute atomic E-state index is 11.6. The van der Waals surface area contributed by atoms with Crippen LogP contribution in [0, 0.1) is 10.8 Å². The number of ether oxygens (including phenoxy) is 1. The molecule has 120 valence electrons. The maximum atomic E-state index is 11.6. The highest BCUT2D eigenvalue weighted by atomic mass is 16.5. The molecule has 0 fully saturated rings. The first kappa shape index (κ1) is 19.6. The molecule has 0 N–H and O–H groups in total. The summed E-state index contributed by atoms with van der Waals surface area (Å²) in [7, 11) is 0. The largest absolute Gasteiger partial charge is 0.373 e. The topological polar surface area (TPSA) is 26.3 Å². The smallest absolute Gasteiger partial charge is 0.158 e. The Morgan fingerprint density at radius 2 is 1.35 bits per heavy atom. The van der Waals surface area contributed by atoms with Gasteiger partial charge in [-0.3, -0.25) is 4.79 Å². The zero-order valence-electron chi connectivity index (χ0n) is 14.7. The monoisotopic (exact) mass is 284 g/mol. The summed E-state index contributed by atoms with van der Waals surface area (Å²) in [6.07, 6.45) is 8.04. The van der Waals surface area contributed by atoms with Gasteiger partial charge in [-0.15, -0.1) is 0 Å². The fourth-order valence-electron chi connectivity index (χ4n) is 2.05. The minimum atomic E-state index is 0.146. The van der Waals surface area contributed by atoms with Crippen molar-refractivity contribution < 1.29 is 9.53 Å². The van der Waals surface area contributed by atoms with Crippen molar-refractivity contribution in [1.82, 2.24) is 0 Å². The molecule has 0 aromatic heterocycles. The number of carbonyl (C=O) groups excluding carboxylic acids is 1. The summed E-state index contributed by atoms with van der Waals surface area (Å²) in [6.45, 7) is 14.2. The van der Waals surface area contributed by atoms with E-state index in [1.54, 1.807) is 0 Å². The van der Waals surface area contributed by atoms with Crippen molar-refractivity contribution in [3.63, 3.8) is 0 Å². The van der Waals surface area contributed by atoms with Crippen LogP contribution in [-0.2, 0) is 9.53 Å². The van der Waals surface area contributed by atoms with E-state index in [0.717, 1.165) is 6.42 Å². The fourth-order valence-corrected chi connectivity index (χ4v) is 2.05. The summed E-state index contributed by atoms with van der Waals surface area (Å²) < 4.78 is 5.44. The average Bonchev–Trinajstić information content (AvgIpc) is 2.24. The van der Waals surface area contributed by atoms with Crippen molar-refractivity contribution in [2.24, 2.45) is 10.8 Å². The Hall–Kier alpha value is -0.370. The van der Waals surface area contributed by atoms with Crippen LogP contribution in [0.1, 0.15) is 86.5 Å². The van der Waals surface area contributed by atoms with Crippen molar-refractivity contribution in [2.45, 2.75) is 86.5 Å². The van der Waals surface area contributed by atoms with Crippen molar-refractivity contribution >= 4 is 5.78 Å². The first-order valence-corrected chi connectivity index (χ1v) is 8.20. The molecule has 0 amide bonds. The third-order valence-corrected chi connectivity index (χ3v) is 3.18. The minimum absolute atomic E-state index is 0.146. The van der Waals surface area contributed by atoms with E-state index in [4.69, 9.17) is 4.74 Å². The van der Waals surface area contributed by atoms with E-state index in [-0.39, 0.29) is 11.2 Å². The number of ketones is 1. The molecule has 0 radical (unpaired) electrons. The van der Waals surface area contributed by atoms with Gasteiger partial charge in [0.25, 0.3) is 0 Å². The third kappa shape index (κ3) is 15.7. The number of unbranched alkanes of at least 4 members (excludes halogenated alkanes) is 4. The highest BCUT2D eigenvalue weighted by molar-refractivity contribution is 5.79. The van der Waals surface area contributed by atoms with Crippen LogP contribution >= 0.6 is 0 Å². The van der Waals surface area contributed by atoms with Crippen molar-refractivity contribution in [1.29, 1.82) is 0 Å². The van der Waals surface area contributed by atoms with E-state index in [0.29, 0.717) is 25.0 Å². The molecule has 0 heterocycles. The third-order valence-electron chi connectivity index (χ3n) is 3.18. The normalized spacial score (nSPS) is 12.7. The van der Waals surface area contributed by atoms with E-state index < -0.39 is 0 Å². The SMILES string of the molecule is CC(C)(C)CCCCCCCC(=O)COCC(C)(C)C. The molecule has 0 bridgehead atoms. The molecular formula is C18H36O2. The summed E-state index contributed by atoms with van der Waals surface area (Å²) in [6, 6.07) is 0. The lowest BCUT2D eigenvalue weighted by Crippen LogP contribution is -2.18. The second kappa shape index (κ2) is 9.55. The van der Waals surface area contributed by atoms with Crippen LogP contribution in [0.4, 0.5) is 0 Å². The van der Waals surface area contributed by atoms with E-state index >= 15 is 0 Å². The molecule has 0 spiro atoms. The molecule has 0 unspecified atom stereocenters. The Balaban J connectivity index is 3.36. The van der Waals surface area contributed by atoms with Crippen molar-refractivity contribution in [3.8, 4) is 0 Å². The second-order valence-corrected chi connectivity index (χ2v) is 8.42. The minimum Gasteiger partial charge on any atom is -0.373 e. The fraction of sp³-hybridized carbons (Fsp3) is 0.944. The molecule has 0 atom stereocenters. The standard InChI is InChI=1S/C18H36O2/c1-17(2,3)13-11-9-7-8-10-12-16(19)14-20-15-18(4,5)6/h7-15H2,1-6H3. The van der Waals surface area contributed by atoms with Gasteiger partial charge in [0.15, 0.2) is 5.78 Å². The quantitative estimate of drug-likeness (QED) is 0.502. The average molecular weight is 284 g/mol. The van der Waals surface area contributed by atoms with Crippen LogP contribution in [0.3, 0.4) is 0 Å². The van der Waals surface area contributed by atoms with E-state index in [2.05, 4.69) is 41.5 Å². The summed E-state index contributed by atoms with van der Waals surface area (Å²) in [4.78, 5) is 11.6. The second-order valence-electron chi connectivity index (χ2n) is 8.42. The van der Waals surface area contributed by atoms with E-state index in [1.165, 1.54) is 32.1 Å². The lowest BCUT2D eigenvalue weighted by Gasteiger charge is -2.17. The molecule has 0 rings (SSSR count). The van der Waals surface area contributed by atoms with Gasteiger partial charge in [-0.25, -0.2) is 0 Å². The van der Waals surface area contributed by atoms with Crippen LogP contribution in [0.5, 0.6) is 0 Å². The first-order valence-electron chi connectivity index (χ1n) is 8.20. The van der Waals surface area contributed by atoms with Gasteiger partial charge in [-0.1, -0.05) is 67.2 Å². The van der Waals surface area contributed by atoms with E-state index in [9.17, 15) is 4.79 Å². The van der Waals surface area contributed by atoms with Crippen LogP contribution in [-0.4, -0.2) is 19.0 Å². The Bertz CT molecular complexity index is 256. The molecule has 2 heteroatoms. The lowest BCUT2D eigenvalue weighted by atomic mass is 9.89. The Morgan fingerprint density at radius 3 is 1.90 bits per heavy atom. The molecule has 0 aliphatic rings. The van der Waals surface area contributed by atoms with Crippen LogP contribution in [0.15, 0.2) is 0 Å². The molecule has 0 aliphatic heterocycles. The molecule has 0 saturated carbocycles. The number of Topliss-reactive ketones (excluding diaryl/α,β-unsaturated/α-hetero) is 1. The van der Waals surface area contributed by atoms with Crippen molar-refractivity contribution in [3.05, 3.63) is 0 Å². The van der Waals surface area contributed by atoms with Gasteiger partial charge in [0.2, 0.25) is 0 Å². The number of rotatable bonds is 10. The number of hydrogen-bond acceptors (Lipinski definition) is 2. The summed E-state index contributed by atoms with van der Waals surface area (Å²) in [5.41, 5.74) is 0.605. The zero-order chi connectivity index (χ0) is 15.6. The molecular weight excluding hydrogens is 248 g/mol. The van der Waals surface area contributed by atoms with Gasteiger partial charge in [0.05, 0.1) is 6.61 Å². The summed E-state index contributed by atoms with van der Waals surface area (Å²) in [5.74, 6) is 0.254. The highest BCUT2D eigenvalue weighted by Gasteiger charge is 2.11. The van der Waals surface area contributed by atoms with Gasteiger partial charge < -0.3 is 4.74 Å². The molecule has 0 aromatic rings. The van der Waals surface area contributed by atoms with Crippen LogP contribution in [0.25, 0.3) is 0 Å². The number of carbonyl (C=O) groups is 1. The maximum Gasteiger partial charge on any atom is 0.158 e. The van der Waals surface area contributed by atoms with E-state index in [1.807, 2.05) is 0 Å². The Labute approximate surface area is 126 Å². The molecule has 0 aromatic carbocycles. The number of hydrogen-bond donors (Lipinski definition) is 0. The van der Waals surface area contributed by atoms with Gasteiger partial charge in [0.1, 0.15) is 6.61 Å². The van der Waals surface area contributed by atoms with Gasteiger partial charge in [-0.2, -0.15) is 0 Å². The molecule has 0 saturated heterocycles. The zero-order valence-corrected chi connectivity index (χ0v) is 14.7. The summed E-state index contributed by atoms with van der Waals surface area (Å²) in [5, 5.41) is 0. The van der Waals surface area contributed by atoms with Crippen LogP contribution in [0.2, 0.25) is 0 Å². The lowest BCUT2D eigenvalue weighted by molar-refractivity contribution is -0.124. The molecule has 20 heavy (non-hydrogen) atoms. The molecule has 2 nitrogen and oxygen atoms in total. The van der Waals surface area contributed by atoms with Crippen LogP contribution < -0.4 is 0 Å². The molecule has 0 aliphatic carbocycles. The predicted molar refractivity (Wildman–Crippen MR) is 87.1 cm³/mol.